The Morgan fingerprint density at radius 2 is 1.72 bits per heavy atom. The molecule has 0 aliphatic carbocycles. The zero-order valence-corrected chi connectivity index (χ0v) is 16.9. The highest BCUT2D eigenvalue weighted by Crippen LogP contribution is 2.39. The third-order valence-electron chi connectivity index (χ3n) is 5.34. The Kier molecular flexibility index (Phi) is 7.17. The van der Waals surface area contributed by atoms with Gasteiger partial charge in [0, 0.05) is 24.5 Å². The Balaban J connectivity index is 1.90. The summed E-state index contributed by atoms with van der Waals surface area (Å²) < 4.78 is 0. The molecule has 1 aliphatic rings. The first-order chi connectivity index (χ1) is 14.1. The Labute approximate surface area is 172 Å². The Morgan fingerprint density at radius 1 is 1.00 bits per heavy atom. The standard InChI is InChI=1S/C24H28N2O3/c1-2-3-4-5-6-10-16-26-21(19-14-11-15-25-17-19)20(23(28)24(26)29)22(27)18-12-8-7-9-13-18/h7-9,11-15,17,21,27H,2-6,10,16H2,1H3/t21-/m1/s1. The number of aliphatic hydroxyl groups is 1. The van der Waals surface area contributed by atoms with E-state index in [2.05, 4.69) is 11.9 Å². The summed E-state index contributed by atoms with van der Waals surface area (Å²) in [4.78, 5) is 31.4. The molecule has 1 N–H and O–H groups in total. The molecule has 0 saturated carbocycles. The maximum absolute atomic E-state index is 12.9. The summed E-state index contributed by atoms with van der Waals surface area (Å²) in [5.41, 5.74) is 1.40. The van der Waals surface area contributed by atoms with Crippen LogP contribution in [0.1, 0.15) is 62.6 Å². The molecule has 2 aromatic rings. The minimum Gasteiger partial charge on any atom is -0.507 e. The van der Waals surface area contributed by atoms with E-state index in [0.29, 0.717) is 12.1 Å². The zero-order chi connectivity index (χ0) is 20.6. The lowest BCUT2D eigenvalue weighted by Gasteiger charge is -2.25. The summed E-state index contributed by atoms with van der Waals surface area (Å²) in [6.07, 6.45) is 9.88. The molecular weight excluding hydrogens is 364 g/mol. The van der Waals surface area contributed by atoms with Gasteiger partial charge in [0.2, 0.25) is 0 Å². The smallest absolute Gasteiger partial charge is 0.295 e. The first kappa shape index (κ1) is 20.8. The van der Waals surface area contributed by atoms with Crippen LogP contribution in [0, 0.1) is 0 Å². The number of Topliss-reactive ketones (excluding diaryl/α,β-unsaturated/α-hetero) is 1. The molecule has 1 aromatic carbocycles. The third-order valence-corrected chi connectivity index (χ3v) is 5.34. The van der Waals surface area contributed by atoms with Gasteiger partial charge in [0.1, 0.15) is 5.76 Å². The largest absolute Gasteiger partial charge is 0.507 e. The van der Waals surface area contributed by atoms with Gasteiger partial charge < -0.3 is 10.0 Å². The van der Waals surface area contributed by atoms with Crippen LogP contribution in [0.15, 0.2) is 60.4 Å². The van der Waals surface area contributed by atoms with Crippen molar-refractivity contribution in [3.63, 3.8) is 0 Å². The molecule has 0 bridgehead atoms. The summed E-state index contributed by atoms with van der Waals surface area (Å²) in [7, 11) is 0. The fraction of sp³-hybridized carbons (Fsp3) is 0.375. The van der Waals surface area contributed by atoms with Crippen molar-refractivity contribution in [1.82, 2.24) is 9.88 Å². The first-order valence-electron chi connectivity index (χ1n) is 10.4. The molecule has 1 atom stereocenters. The number of ketones is 1. The molecule has 1 aliphatic heterocycles. The molecular formula is C24H28N2O3. The average Bonchev–Trinajstić information content (AvgIpc) is 3.01. The Bertz CT molecular complexity index is 862. The van der Waals surface area contributed by atoms with Crippen LogP contribution in [-0.4, -0.2) is 33.2 Å². The second kappa shape index (κ2) is 10.0. The lowest BCUT2D eigenvalue weighted by Crippen LogP contribution is -2.30. The maximum atomic E-state index is 12.9. The van der Waals surface area contributed by atoms with Crippen LogP contribution in [0.3, 0.4) is 0 Å². The molecule has 152 valence electrons. The number of aliphatic hydroxyl groups excluding tert-OH is 1. The fourth-order valence-corrected chi connectivity index (χ4v) is 3.81. The molecule has 5 nitrogen and oxygen atoms in total. The van der Waals surface area contributed by atoms with E-state index >= 15 is 0 Å². The van der Waals surface area contributed by atoms with Crippen molar-refractivity contribution in [1.29, 1.82) is 0 Å². The van der Waals surface area contributed by atoms with Crippen LogP contribution < -0.4 is 0 Å². The highest BCUT2D eigenvalue weighted by atomic mass is 16.3. The van der Waals surface area contributed by atoms with Crippen molar-refractivity contribution >= 4 is 17.4 Å². The van der Waals surface area contributed by atoms with E-state index in [1.54, 1.807) is 47.6 Å². The van der Waals surface area contributed by atoms with Crippen LogP contribution in [0.2, 0.25) is 0 Å². The van der Waals surface area contributed by atoms with Crippen LogP contribution in [-0.2, 0) is 9.59 Å². The van der Waals surface area contributed by atoms with Gasteiger partial charge in [0.05, 0.1) is 11.6 Å². The van der Waals surface area contributed by atoms with Gasteiger partial charge in [-0.2, -0.15) is 0 Å². The van der Waals surface area contributed by atoms with Crippen LogP contribution in [0.5, 0.6) is 0 Å². The van der Waals surface area contributed by atoms with Crippen molar-refractivity contribution in [2.75, 3.05) is 6.54 Å². The number of amides is 1. The van der Waals surface area contributed by atoms with E-state index in [9.17, 15) is 14.7 Å². The van der Waals surface area contributed by atoms with Crippen LogP contribution >= 0.6 is 0 Å². The summed E-state index contributed by atoms with van der Waals surface area (Å²) >= 11 is 0. The number of carbonyl (C=O) groups excluding carboxylic acids is 2. The lowest BCUT2D eigenvalue weighted by atomic mass is 9.96. The van der Waals surface area contributed by atoms with Crippen molar-refractivity contribution in [3.8, 4) is 0 Å². The molecule has 3 rings (SSSR count). The van der Waals surface area contributed by atoms with Gasteiger partial charge in [-0.1, -0.05) is 75.4 Å². The average molecular weight is 392 g/mol. The molecule has 1 amide bonds. The second-order valence-electron chi connectivity index (χ2n) is 7.41. The molecule has 1 saturated heterocycles. The number of nitrogens with zero attached hydrogens (tertiary/aromatic N) is 2. The predicted molar refractivity (Wildman–Crippen MR) is 113 cm³/mol. The Morgan fingerprint density at radius 3 is 2.41 bits per heavy atom. The van der Waals surface area contributed by atoms with Gasteiger partial charge >= 0.3 is 0 Å². The summed E-state index contributed by atoms with van der Waals surface area (Å²) in [6.45, 7) is 2.67. The van der Waals surface area contributed by atoms with E-state index in [1.165, 1.54) is 19.3 Å². The van der Waals surface area contributed by atoms with E-state index < -0.39 is 17.7 Å². The van der Waals surface area contributed by atoms with Gasteiger partial charge in [0.15, 0.2) is 0 Å². The van der Waals surface area contributed by atoms with Crippen molar-refractivity contribution < 1.29 is 14.7 Å². The monoisotopic (exact) mass is 392 g/mol. The van der Waals surface area contributed by atoms with E-state index in [-0.39, 0.29) is 11.3 Å². The van der Waals surface area contributed by atoms with Crippen LogP contribution in [0.25, 0.3) is 5.76 Å². The van der Waals surface area contributed by atoms with Crippen LogP contribution in [0.4, 0.5) is 0 Å². The molecule has 0 radical (unpaired) electrons. The number of unbranched alkanes of at least 4 members (excludes halogenated alkanes) is 5. The summed E-state index contributed by atoms with van der Waals surface area (Å²) in [6, 6.07) is 11.9. The molecule has 2 heterocycles. The van der Waals surface area contributed by atoms with Crippen molar-refractivity contribution in [3.05, 3.63) is 71.6 Å². The quantitative estimate of drug-likeness (QED) is 0.286. The second-order valence-corrected chi connectivity index (χ2v) is 7.41. The van der Waals surface area contributed by atoms with Gasteiger partial charge in [-0.15, -0.1) is 0 Å². The highest BCUT2D eigenvalue weighted by molar-refractivity contribution is 6.46. The zero-order valence-electron chi connectivity index (χ0n) is 16.9. The summed E-state index contributed by atoms with van der Waals surface area (Å²) in [5, 5.41) is 10.9. The van der Waals surface area contributed by atoms with E-state index in [4.69, 9.17) is 0 Å². The number of benzene rings is 1. The molecule has 0 unspecified atom stereocenters. The number of hydrogen-bond donors (Lipinski definition) is 1. The van der Waals surface area contributed by atoms with E-state index in [0.717, 1.165) is 24.8 Å². The highest BCUT2D eigenvalue weighted by Gasteiger charge is 2.45. The molecule has 1 aromatic heterocycles. The molecule has 1 fully saturated rings. The third kappa shape index (κ3) is 4.73. The number of likely N-dealkylation sites (tertiary alicyclic amines) is 1. The number of rotatable bonds is 9. The SMILES string of the molecule is CCCCCCCCN1C(=O)C(=O)C(=C(O)c2ccccc2)[C@H]1c1cccnc1. The first-order valence-corrected chi connectivity index (χ1v) is 10.4. The predicted octanol–water partition coefficient (Wildman–Crippen LogP) is 4.86. The number of pyridine rings is 1. The van der Waals surface area contributed by atoms with E-state index in [1.807, 2.05) is 12.1 Å². The van der Waals surface area contributed by atoms with Gasteiger partial charge in [0.25, 0.3) is 11.7 Å². The lowest BCUT2D eigenvalue weighted by molar-refractivity contribution is -0.139. The molecule has 0 spiro atoms. The topological polar surface area (TPSA) is 70.5 Å². The van der Waals surface area contributed by atoms with Gasteiger partial charge in [-0.25, -0.2) is 0 Å². The number of aromatic nitrogens is 1. The normalized spacial score (nSPS) is 18.4. The van der Waals surface area contributed by atoms with Crippen molar-refractivity contribution in [2.24, 2.45) is 0 Å². The minimum absolute atomic E-state index is 0.136. The summed E-state index contributed by atoms with van der Waals surface area (Å²) in [5.74, 6) is -1.32. The maximum Gasteiger partial charge on any atom is 0.295 e. The number of hydrogen-bond acceptors (Lipinski definition) is 4. The van der Waals surface area contributed by atoms with Crippen molar-refractivity contribution in [2.45, 2.75) is 51.5 Å². The number of carbonyl (C=O) groups is 2. The minimum atomic E-state index is -0.633. The Hall–Kier alpha value is -2.95. The van der Waals surface area contributed by atoms with Gasteiger partial charge in [-0.3, -0.25) is 14.6 Å². The van der Waals surface area contributed by atoms with Gasteiger partial charge in [-0.05, 0) is 18.1 Å². The molecule has 5 heteroatoms. The fourth-order valence-electron chi connectivity index (χ4n) is 3.81. The molecule has 29 heavy (non-hydrogen) atoms.